The third kappa shape index (κ3) is 1.61. The normalized spacial score (nSPS) is 32.0. The molecule has 0 amide bonds. The molecule has 1 aliphatic rings. The number of hydrogen-bond acceptors (Lipinski definition) is 0. The van der Waals surface area contributed by atoms with Gasteiger partial charge in [-0.25, -0.2) is 0 Å². The van der Waals surface area contributed by atoms with Crippen molar-refractivity contribution in [2.24, 2.45) is 0 Å². The molecule has 0 aromatic heterocycles. The Hall–Kier alpha value is -1.04. The molecule has 0 saturated carbocycles. The highest BCUT2D eigenvalue weighted by atomic mass is 13.7. The van der Waals surface area contributed by atoms with Gasteiger partial charge < -0.3 is 0 Å². The zero-order valence-corrected chi connectivity index (χ0v) is 4.54. The van der Waals surface area contributed by atoms with E-state index >= 15 is 0 Å². The monoisotopic (exact) mass is 103 g/mol. The van der Waals surface area contributed by atoms with E-state index in [-0.39, 0.29) is 0 Å². The van der Waals surface area contributed by atoms with Crippen LogP contribution in [-0.2, 0) is 0 Å². The van der Waals surface area contributed by atoms with Crippen molar-refractivity contribution in [2.45, 2.75) is 0 Å². The van der Waals surface area contributed by atoms with E-state index in [1.165, 1.54) is 0 Å². The number of allylic oxidation sites excluding steroid dienone is 8. The van der Waals surface area contributed by atoms with Gasteiger partial charge in [0.25, 0.3) is 0 Å². The highest BCUT2D eigenvalue weighted by Gasteiger charge is 1.66. The van der Waals surface area contributed by atoms with Crippen LogP contribution in [-0.4, -0.2) is 0 Å². The summed E-state index contributed by atoms with van der Waals surface area (Å²) in [6.07, 6.45) is 16.5. The average Bonchev–Trinajstić information content (AvgIpc) is 1.62. The van der Waals surface area contributed by atoms with Crippen molar-refractivity contribution >= 4 is 0 Å². The lowest BCUT2D eigenvalue weighted by molar-refractivity contribution is 1.76. The van der Waals surface area contributed by atoms with Gasteiger partial charge in [0, 0.05) is 0 Å². The summed E-state index contributed by atoms with van der Waals surface area (Å²) < 4.78 is 0. The molecular weight excluding hydrogens is 96.1 g/mol. The molecule has 0 nitrogen and oxygen atoms in total. The smallest absolute Gasteiger partial charge is 0.0184 e. The highest BCUT2D eigenvalue weighted by molar-refractivity contribution is 5.20. The van der Waals surface area contributed by atoms with Gasteiger partial charge in [-0.05, 0) is 6.08 Å². The molecule has 0 fully saturated rings. The molecule has 0 aliphatic heterocycles. The zero-order chi connectivity index (χ0) is 5.66. The second kappa shape index (κ2) is 3.03. The van der Waals surface area contributed by atoms with Crippen LogP contribution < -0.4 is 0 Å². The standard InChI is InChI=1S/C8H7/c1-2-4-6-8-7-5-3-1/h1-7H/b2-1-,3-1?,4-2?,5-3-,6-4-,7-5?,8-6?,8-7?. The third-order valence-electron chi connectivity index (χ3n) is 0.829. The van der Waals surface area contributed by atoms with Crippen molar-refractivity contribution in [1.82, 2.24) is 0 Å². The molecule has 1 rings (SSSR count). The van der Waals surface area contributed by atoms with Crippen molar-refractivity contribution in [2.75, 3.05) is 0 Å². The first-order valence-electron chi connectivity index (χ1n) is 2.58. The molecule has 0 unspecified atom stereocenters. The predicted octanol–water partition coefficient (Wildman–Crippen LogP) is 2.03. The summed E-state index contributed by atoms with van der Waals surface area (Å²) in [5, 5.41) is 0. The zero-order valence-electron chi connectivity index (χ0n) is 4.54. The van der Waals surface area contributed by atoms with Crippen LogP contribution in [0.4, 0.5) is 0 Å². The lowest BCUT2D eigenvalue weighted by Gasteiger charge is -1.76. The molecule has 1 radical (unpaired) electrons. The van der Waals surface area contributed by atoms with Gasteiger partial charge in [0.1, 0.15) is 0 Å². The Balaban J connectivity index is 2.67. The lowest BCUT2D eigenvalue weighted by atomic mass is 10.3. The van der Waals surface area contributed by atoms with Gasteiger partial charge in [-0.15, -0.1) is 0 Å². The van der Waals surface area contributed by atoms with Crippen molar-refractivity contribution < 1.29 is 0 Å². The van der Waals surface area contributed by atoms with E-state index < -0.39 is 0 Å². The van der Waals surface area contributed by atoms with Gasteiger partial charge in [-0.1, -0.05) is 42.5 Å². The highest BCUT2D eigenvalue weighted by Crippen LogP contribution is 1.86. The predicted molar refractivity (Wildman–Crippen MR) is 35.2 cm³/mol. The van der Waals surface area contributed by atoms with Crippen LogP contribution in [0.5, 0.6) is 0 Å². The quantitative estimate of drug-likeness (QED) is 0.440. The van der Waals surface area contributed by atoms with Crippen molar-refractivity contribution in [3.8, 4) is 0 Å². The summed E-state index contributed by atoms with van der Waals surface area (Å²) in [5.41, 5.74) is 0. The fraction of sp³-hybridized carbons (Fsp3) is 0. The summed E-state index contributed by atoms with van der Waals surface area (Å²) in [5.74, 6) is 0. The third-order valence-corrected chi connectivity index (χ3v) is 0.829. The van der Waals surface area contributed by atoms with E-state index in [1.54, 1.807) is 0 Å². The van der Waals surface area contributed by atoms with E-state index in [9.17, 15) is 0 Å². The van der Waals surface area contributed by atoms with E-state index in [0.717, 1.165) is 0 Å². The Morgan fingerprint density at radius 3 is 2.50 bits per heavy atom. The molecule has 0 aromatic rings. The van der Waals surface area contributed by atoms with E-state index in [1.807, 2.05) is 42.5 Å². The van der Waals surface area contributed by atoms with Crippen LogP contribution in [0.15, 0.2) is 42.5 Å². The summed E-state index contributed by atoms with van der Waals surface area (Å²) in [4.78, 5) is 0. The Labute approximate surface area is 49.5 Å². The molecule has 8 heavy (non-hydrogen) atoms. The maximum absolute atomic E-state index is 2.94. The van der Waals surface area contributed by atoms with Crippen LogP contribution in [0.2, 0.25) is 0 Å². The maximum atomic E-state index is 2.94. The first kappa shape index (κ1) is 5.10. The van der Waals surface area contributed by atoms with Gasteiger partial charge in [-0.2, -0.15) is 0 Å². The molecule has 0 atom stereocenters. The molecular formula is C8H7. The van der Waals surface area contributed by atoms with Gasteiger partial charge in [0.15, 0.2) is 0 Å². The Kier molecular flexibility index (Phi) is 1.93. The lowest BCUT2D eigenvalue weighted by Crippen LogP contribution is -1.56. The van der Waals surface area contributed by atoms with E-state index in [2.05, 4.69) is 6.08 Å². The fourth-order valence-corrected chi connectivity index (χ4v) is 0.470. The minimum Gasteiger partial charge on any atom is -0.0623 e. The van der Waals surface area contributed by atoms with Gasteiger partial charge >= 0.3 is 0 Å². The first-order chi connectivity index (χ1) is 4.00. The topological polar surface area (TPSA) is 0 Å². The fourth-order valence-electron chi connectivity index (χ4n) is 0.470. The summed E-state index contributed by atoms with van der Waals surface area (Å²) in [7, 11) is 0. The van der Waals surface area contributed by atoms with Crippen molar-refractivity contribution in [1.29, 1.82) is 0 Å². The second-order valence-electron chi connectivity index (χ2n) is 1.46. The van der Waals surface area contributed by atoms with Crippen LogP contribution in [0.3, 0.4) is 0 Å². The molecule has 1 aliphatic carbocycles. The van der Waals surface area contributed by atoms with Crippen LogP contribution in [0.1, 0.15) is 0 Å². The minimum atomic E-state index is 1.88. The van der Waals surface area contributed by atoms with Gasteiger partial charge in [0.05, 0.1) is 0 Å². The molecule has 0 heterocycles. The Bertz CT molecular complexity index is 101. The summed E-state index contributed by atoms with van der Waals surface area (Å²) in [6.45, 7) is 0. The van der Waals surface area contributed by atoms with Crippen LogP contribution >= 0.6 is 0 Å². The molecule has 0 aromatic carbocycles. The summed E-state index contributed by atoms with van der Waals surface area (Å²) >= 11 is 0. The number of hydrogen-bond donors (Lipinski definition) is 0. The van der Waals surface area contributed by atoms with Crippen molar-refractivity contribution in [3.05, 3.63) is 48.6 Å². The molecule has 0 N–H and O–H groups in total. The Morgan fingerprint density at radius 1 is 0.750 bits per heavy atom. The SMILES string of the molecule is [C]1=C\C=C/C=C\C=C/1. The molecule has 0 spiro atoms. The van der Waals surface area contributed by atoms with E-state index in [0.29, 0.717) is 0 Å². The molecule has 0 saturated heterocycles. The number of rotatable bonds is 0. The van der Waals surface area contributed by atoms with Crippen LogP contribution in [0, 0.1) is 6.08 Å². The van der Waals surface area contributed by atoms with Gasteiger partial charge in [-0.3, -0.25) is 0 Å². The largest absolute Gasteiger partial charge is 0.0623 e. The first-order valence-corrected chi connectivity index (χ1v) is 2.58. The Morgan fingerprint density at radius 2 is 1.50 bits per heavy atom. The second-order valence-corrected chi connectivity index (χ2v) is 1.46. The molecule has 39 valence electrons. The van der Waals surface area contributed by atoms with E-state index in [4.69, 9.17) is 0 Å². The maximum Gasteiger partial charge on any atom is -0.0184 e. The molecule has 0 bridgehead atoms. The van der Waals surface area contributed by atoms with Gasteiger partial charge in [0.2, 0.25) is 0 Å². The van der Waals surface area contributed by atoms with Crippen LogP contribution in [0.25, 0.3) is 0 Å². The minimum absolute atomic E-state index is 1.88. The van der Waals surface area contributed by atoms with Crippen molar-refractivity contribution in [3.63, 3.8) is 0 Å². The summed E-state index contributed by atoms with van der Waals surface area (Å²) in [6, 6.07) is 0. The average molecular weight is 103 g/mol. The molecule has 0 heteroatoms.